The van der Waals surface area contributed by atoms with Crippen LogP contribution in [0, 0.1) is 5.41 Å². The van der Waals surface area contributed by atoms with Crippen LogP contribution in [0.15, 0.2) is 88.9 Å². The van der Waals surface area contributed by atoms with Gasteiger partial charge < -0.3 is 4.74 Å². The smallest absolute Gasteiger partial charge is 0.163 e. The zero-order chi connectivity index (χ0) is 20.0. The Morgan fingerprint density at radius 3 is 2.34 bits per heavy atom. The number of allylic oxidation sites excluding steroid dienone is 4. The van der Waals surface area contributed by atoms with Gasteiger partial charge in [0, 0.05) is 24.3 Å². The van der Waals surface area contributed by atoms with E-state index in [0.717, 1.165) is 36.4 Å². The molecule has 2 heteroatoms. The van der Waals surface area contributed by atoms with E-state index in [-0.39, 0.29) is 17.1 Å². The van der Waals surface area contributed by atoms with Crippen LogP contribution in [0.2, 0.25) is 0 Å². The summed E-state index contributed by atoms with van der Waals surface area (Å²) in [6.07, 6.45) is 5.55. The summed E-state index contributed by atoms with van der Waals surface area (Å²) in [6.45, 7) is 4.32. The topological polar surface area (TPSA) is 26.3 Å². The van der Waals surface area contributed by atoms with Crippen molar-refractivity contribution in [1.29, 1.82) is 0 Å². The third kappa shape index (κ3) is 3.27. The molecule has 0 N–H and O–H groups in total. The van der Waals surface area contributed by atoms with Gasteiger partial charge in [0.2, 0.25) is 0 Å². The fourth-order valence-electron chi connectivity index (χ4n) is 5.00. The predicted molar refractivity (Wildman–Crippen MR) is 116 cm³/mol. The zero-order valence-corrected chi connectivity index (χ0v) is 17.1. The number of rotatable bonds is 2. The molecule has 2 nitrogen and oxygen atoms in total. The second kappa shape index (κ2) is 6.88. The van der Waals surface area contributed by atoms with E-state index in [1.807, 2.05) is 12.1 Å². The molecule has 1 atom stereocenters. The summed E-state index contributed by atoms with van der Waals surface area (Å²) in [5.41, 5.74) is 5.74. The number of benzene rings is 2. The number of ketones is 1. The van der Waals surface area contributed by atoms with Gasteiger partial charge in [0.15, 0.2) is 5.78 Å². The van der Waals surface area contributed by atoms with E-state index in [4.69, 9.17) is 4.74 Å². The molecule has 0 bridgehead atoms. The van der Waals surface area contributed by atoms with E-state index in [2.05, 4.69) is 68.5 Å². The number of hydrogen-bond donors (Lipinski definition) is 0. The Bertz CT molecular complexity index is 1050. The molecule has 1 unspecified atom stereocenters. The molecule has 1 heterocycles. The zero-order valence-electron chi connectivity index (χ0n) is 17.1. The lowest BCUT2D eigenvalue weighted by Crippen LogP contribution is -2.31. The van der Waals surface area contributed by atoms with Gasteiger partial charge in [0.25, 0.3) is 0 Å². The molecular weight excluding hydrogens is 356 g/mol. The van der Waals surface area contributed by atoms with Gasteiger partial charge in [-0.05, 0) is 46.6 Å². The Labute approximate surface area is 172 Å². The molecule has 0 saturated carbocycles. The highest BCUT2D eigenvalue weighted by Crippen LogP contribution is 2.53. The molecule has 1 aliphatic heterocycles. The van der Waals surface area contributed by atoms with Gasteiger partial charge in [-0.25, -0.2) is 0 Å². The standard InChI is InChI=1S/C27H26O2/c1-27(2)16-22(28)25-23(17-27)29-26-20(15-18-9-5-3-6-10-18)13-14-21(26)24(25)19-11-7-4-8-12-19/h3-12,15,24H,13-14,16-17H2,1-2H3/b20-15+. The fraction of sp³-hybridized carbons (Fsp3) is 0.296. The fourth-order valence-corrected chi connectivity index (χ4v) is 5.00. The second-order valence-corrected chi connectivity index (χ2v) is 9.16. The van der Waals surface area contributed by atoms with E-state index in [1.54, 1.807) is 0 Å². The van der Waals surface area contributed by atoms with E-state index in [1.165, 1.54) is 22.3 Å². The quantitative estimate of drug-likeness (QED) is 0.587. The molecule has 0 amide bonds. The largest absolute Gasteiger partial charge is 0.461 e. The molecule has 2 aromatic carbocycles. The predicted octanol–water partition coefficient (Wildman–Crippen LogP) is 6.58. The van der Waals surface area contributed by atoms with Crippen molar-refractivity contribution < 1.29 is 9.53 Å². The average Bonchev–Trinajstić information content (AvgIpc) is 3.09. The maximum atomic E-state index is 13.2. The monoisotopic (exact) mass is 382 g/mol. The SMILES string of the molecule is CC1(C)CC(=O)C2=C(C1)OC1=C(CC/C1=C\c1ccccc1)C2c1ccccc1. The maximum Gasteiger partial charge on any atom is 0.163 e. The van der Waals surface area contributed by atoms with Crippen molar-refractivity contribution in [2.24, 2.45) is 5.41 Å². The summed E-state index contributed by atoms with van der Waals surface area (Å²) in [5, 5.41) is 0. The van der Waals surface area contributed by atoms with Gasteiger partial charge in [-0.1, -0.05) is 74.5 Å². The van der Waals surface area contributed by atoms with Crippen LogP contribution in [0.3, 0.4) is 0 Å². The molecule has 29 heavy (non-hydrogen) atoms. The van der Waals surface area contributed by atoms with Crippen molar-refractivity contribution in [3.05, 3.63) is 100 Å². The van der Waals surface area contributed by atoms with Crippen LogP contribution in [0.25, 0.3) is 6.08 Å². The lowest BCUT2D eigenvalue weighted by atomic mass is 9.70. The summed E-state index contributed by atoms with van der Waals surface area (Å²) in [6, 6.07) is 20.9. The van der Waals surface area contributed by atoms with Crippen molar-refractivity contribution in [2.75, 3.05) is 0 Å². The van der Waals surface area contributed by atoms with Crippen LogP contribution >= 0.6 is 0 Å². The first-order valence-corrected chi connectivity index (χ1v) is 10.5. The van der Waals surface area contributed by atoms with Crippen LogP contribution < -0.4 is 0 Å². The minimum atomic E-state index is -0.0584. The Morgan fingerprint density at radius 2 is 1.62 bits per heavy atom. The van der Waals surface area contributed by atoms with Crippen molar-refractivity contribution in [1.82, 2.24) is 0 Å². The van der Waals surface area contributed by atoms with Crippen LogP contribution in [-0.4, -0.2) is 5.78 Å². The summed E-state index contributed by atoms with van der Waals surface area (Å²) < 4.78 is 6.53. The van der Waals surface area contributed by atoms with Gasteiger partial charge in [-0.3, -0.25) is 4.79 Å². The first-order chi connectivity index (χ1) is 14.0. The molecule has 0 aromatic heterocycles. The average molecular weight is 383 g/mol. The number of carbonyl (C=O) groups excluding carboxylic acids is 1. The molecule has 0 spiro atoms. The first kappa shape index (κ1) is 18.2. The van der Waals surface area contributed by atoms with Crippen LogP contribution in [0.5, 0.6) is 0 Å². The second-order valence-electron chi connectivity index (χ2n) is 9.16. The van der Waals surface area contributed by atoms with Gasteiger partial charge in [-0.2, -0.15) is 0 Å². The molecule has 146 valence electrons. The van der Waals surface area contributed by atoms with E-state index < -0.39 is 0 Å². The van der Waals surface area contributed by atoms with Gasteiger partial charge in [0.05, 0.1) is 0 Å². The molecular formula is C27H26O2. The van der Waals surface area contributed by atoms with Crippen molar-refractivity contribution in [3.63, 3.8) is 0 Å². The Morgan fingerprint density at radius 1 is 0.931 bits per heavy atom. The molecule has 2 aromatic rings. The minimum absolute atomic E-state index is 0.0280. The summed E-state index contributed by atoms with van der Waals surface area (Å²) in [4.78, 5) is 13.2. The van der Waals surface area contributed by atoms with Crippen molar-refractivity contribution in [3.8, 4) is 0 Å². The summed E-state index contributed by atoms with van der Waals surface area (Å²) >= 11 is 0. The number of ether oxygens (including phenoxy) is 1. The van der Waals surface area contributed by atoms with Crippen LogP contribution in [0.1, 0.15) is 56.6 Å². The van der Waals surface area contributed by atoms with Crippen LogP contribution in [0.4, 0.5) is 0 Å². The summed E-state index contributed by atoms with van der Waals surface area (Å²) in [5.74, 6) is 2.17. The normalized spacial score (nSPS) is 24.4. The first-order valence-electron chi connectivity index (χ1n) is 10.5. The van der Waals surface area contributed by atoms with Crippen LogP contribution in [-0.2, 0) is 9.53 Å². The van der Waals surface area contributed by atoms with E-state index >= 15 is 0 Å². The third-order valence-electron chi connectivity index (χ3n) is 6.26. The molecule has 0 fully saturated rings. The molecule has 0 radical (unpaired) electrons. The third-order valence-corrected chi connectivity index (χ3v) is 6.26. The minimum Gasteiger partial charge on any atom is -0.461 e. The maximum absolute atomic E-state index is 13.2. The number of Topliss-reactive ketones (excluding diaryl/α,β-unsaturated/α-hetero) is 1. The van der Waals surface area contributed by atoms with Gasteiger partial charge in [0.1, 0.15) is 11.5 Å². The Kier molecular flexibility index (Phi) is 4.31. The molecule has 0 saturated heterocycles. The Hall–Kier alpha value is -2.87. The number of hydrogen-bond acceptors (Lipinski definition) is 2. The molecule has 3 aliphatic rings. The van der Waals surface area contributed by atoms with E-state index in [0.29, 0.717) is 6.42 Å². The summed E-state index contributed by atoms with van der Waals surface area (Å²) in [7, 11) is 0. The van der Waals surface area contributed by atoms with E-state index in [9.17, 15) is 4.79 Å². The van der Waals surface area contributed by atoms with Crippen molar-refractivity contribution >= 4 is 11.9 Å². The van der Waals surface area contributed by atoms with Crippen molar-refractivity contribution in [2.45, 2.75) is 45.4 Å². The van der Waals surface area contributed by atoms with Gasteiger partial charge >= 0.3 is 0 Å². The Balaban J connectivity index is 1.64. The highest BCUT2D eigenvalue weighted by atomic mass is 16.5. The lowest BCUT2D eigenvalue weighted by Gasteiger charge is -2.38. The van der Waals surface area contributed by atoms with Gasteiger partial charge in [-0.15, -0.1) is 0 Å². The highest BCUT2D eigenvalue weighted by molar-refractivity contribution is 6.00. The molecule has 2 aliphatic carbocycles. The highest BCUT2D eigenvalue weighted by Gasteiger charge is 2.44. The number of carbonyl (C=O) groups is 1. The lowest BCUT2D eigenvalue weighted by molar-refractivity contribution is -0.119. The molecule has 5 rings (SSSR count).